The summed E-state index contributed by atoms with van der Waals surface area (Å²) in [7, 11) is 0. The summed E-state index contributed by atoms with van der Waals surface area (Å²) in [6.07, 6.45) is 6.43. The van der Waals surface area contributed by atoms with E-state index in [1.54, 1.807) is 6.20 Å². The maximum atomic E-state index is 8.30. The summed E-state index contributed by atoms with van der Waals surface area (Å²) in [5.74, 6) is 0. The van der Waals surface area contributed by atoms with E-state index in [1.807, 2.05) is 16.9 Å². The van der Waals surface area contributed by atoms with Crippen molar-refractivity contribution in [3.05, 3.63) is 18.5 Å². The maximum Gasteiger partial charge on any atom is 0.0622 e. The zero-order chi connectivity index (χ0) is 10.1. The molecular weight excluding hydrogens is 176 g/mol. The number of nitriles is 1. The van der Waals surface area contributed by atoms with E-state index >= 15 is 0 Å². The van der Waals surface area contributed by atoms with Crippen molar-refractivity contribution in [3.8, 4) is 6.07 Å². The van der Waals surface area contributed by atoms with Gasteiger partial charge in [-0.3, -0.25) is 4.68 Å². The number of aromatic nitrogens is 2. The third kappa shape index (κ3) is 4.63. The largest absolute Gasteiger partial charge is 0.317 e. The molecule has 1 aromatic heterocycles. The standard InChI is InChI=1S/C10H16N4/c11-5-1-2-6-12-7-3-9-14-10-4-8-13-14/h4,8,10,12H,1-3,6-7,9H2. The molecule has 0 saturated heterocycles. The minimum absolute atomic E-state index is 0.645. The molecule has 0 aliphatic carbocycles. The second-order valence-electron chi connectivity index (χ2n) is 3.13. The highest BCUT2D eigenvalue weighted by molar-refractivity contribution is 4.77. The molecule has 0 bridgehead atoms. The molecule has 76 valence electrons. The number of rotatable bonds is 7. The van der Waals surface area contributed by atoms with Crippen LogP contribution in [0.3, 0.4) is 0 Å². The average Bonchev–Trinajstić information content (AvgIpc) is 2.69. The maximum absolute atomic E-state index is 8.30. The van der Waals surface area contributed by atoms with Crippen LogP contribution >= 0.6 is 0 Å². The quantitative estimate of drug-likeness (QED) is 0.660. The van der Waals surface area contributed by atoms with Crippen LogP contribution < -0.4 is 5.32 Å². The smallest absolute Gasteiger partial charge is 0.0622 e. The summed E-state index contributed by atoms with van der Waals surface area (Å²) in [4.78, 5) is 0. The highest BCUT2D eigenvalue weighted by Gasteiger charge is 1.90. The summed E-state index contributed by atoms with van der Waals surface area (Å²) in [6, 6.07) is 4.06. The topological polar surface area (TPSA) is 53.6 Å². The van der Waals surface area contributed by atoms with Gasteiger partial charge >= 0.3 is 0 Å². The van der Waals surface area contributed by atoms with Crippen LogP contribution in [0.15, 0.2) is 18.5 Å². The first kappa shape index (κ1) is 10.7. The molecule has 0 spiro atoms. The molecule has 4 heteroatoms. The van der Waals surface area contributed by atoms with Gasteiger partial charge in [0.05, 0.1) is 6.07 Å². The first-order chi connectivity index (χ1) is 6.93. The van der Waals surface area contributed by atoms with Gasteiger partial charge in [-0.1, -0.05) is 0 Å². The number of unbranched alkanes of at least 4 members (excludes halogenated alkanes) is 1. The molecule has 0 fully saturated rings. The Morgan fingerprint density at radius 3 is 2.93 bits per heavy atom. The van der Waals surface area contributed by atoms with Crippen LogP contribution in [0.2, 0.25) is 0 Å². The van der Waals surface area contributed by atoms with Crippen molar-refractivity contribution in [2.45, 2.75) is 25.8 Å². The third-order valence-electron chi connectivity index (χ3n) is 1.94. The van der Waals surface area contributed by atoms with Crippen LogP contribution in [0.4, 0.5) is 0 Å². The summed E-state index contributed by atoms with van der Waals surface area (Å²) in [6.45, 7) is 2.89. The monoisotopic (exact) mass is 192 g/mol. The lowest BCUT2D eigenvalue weighted by molar-refractivity contribution is 0.540. The third-order valence-corrected chi connectivity index (χ3v) is 1.94. The van der Waals surface area contributed by atoms with Crippen molar-refractivity contribution < 1.29 is 0 Å². The lowest BCUT2D eigenvalue weighted by atomic mass is 10.3. The van der Waals surface area contributed by atoms with Crippen LogP contribution in [-0.4, -0.2) is 22.9 Å². The first-order valence-corrected chi connectivity index (χ1v) is 4.98. The fourth-order valence-electron chi connectivity index (χ4n) is 1.22. The van der Waals surface area contributed by atoms with Crippen LogP contribution in [0.1, 0.15) is 19.3 Å². The van der Waals surface area contributed by atoms with Crippen LogP contribution in [0.5, 0.6) is 0 Å². The number of hydrogen-bond donors (Lipinski definition) is 1. The predicted molar refractivity (Wildman–Crippen MR) is 54.6 cm³/mol. The number of hydrogen-bond acceptors (Lipinski definition) is 3. The lowest BCUT2D eigenvalue weighted by Gasteiger charge is -2.03. The normalized spacial score (nSPS) is 9.93. The Morgan fingerprint density at radius 2 is 2.21 bits per heavy atom. The molecule has 1 aromatic rings. The molecule has 1 rings (SSSR count). The average molecular weight is 192 g/mol. The van der Waals surface area contributed by atoms with E-state index in [9.17, 15) is 0 Å². The molecule has 4 nitrogen and oxygen atoms in total. The van der Waals surface area contributed by atoms with Crippen LogP contribution in [0, 0.1) is 11.3 Å². The Labute approximate surface area is 84.5 Å². The second kappa shape index (κ2) is 7.10. The number of nitrogens with one attached hydrogen (secondary N) is 1. The fraction of sp³-hybridized carbons (Fsp3) is 0.600. The second-order valence-corrected chi connectivity index (χ2v) is 3.13. The van der Waals surface area contributed by atoms with Crippen molar-refractivity contribution in [1.82, 2.24) is 15.1 Å². The van der Waals surface area contributed by atoms with Gasteiger partial charge < -0.3 is 5.32 Å². The van der Waals surface area contributed by atoms with E-state index in [0.29, 0.717) is 6.42 Å². The Bertz CT molecular complexity index is 260. The van der Waals surface area contributed by atoms with Crippen molar-refractivity contribution in [2.24, 2.45) is 0 Å². The van der Waals surface area contributed by atoms with Crippen molar-refractivity contribution in [3.63, 3.8) is 0 Å². The zero-order valence-corrected chi connectivity index (χ0v) is 8.32. The van der Waals surface area contributed by atoms with Gasteiger partial charge in [-0.15, -0.1) is 0 Å². The van der Waals surface area contributed by atoms with Crippen LogP contribution in [0.25, 0.3) is 0 Å². The highest BCUT2D eigenvalue weighted by Crippen LogP contribution is 1.88. The minimum atomic E-state index is 0.645. The Kier molecular flexibility index (Phi) is 5.45. The molecule has 0 radical (unpaired) electrons. The molecule has 0 unspecified atom stereocenters. The van der Waals surface area contributed by atoms with E-state index in [0.717, 1.165) is 32.5 Å². The SMILES string of the molecule is N#CCCCNCCCn1cccn1. The zero-order valence-electron chi connectivity index (χ0n) is 8.32. The molecule has 0 aromatic carbocycles. The fourth-order valence-corrected chi connectivity index (χ4v) is 1.22. The molecule has 0 atom stereocenters. The number of nitrogens with zero attached hydrogens (tertiary/aromatic N) is 3. The molecule has 0 aliphatic rings. The molecule has 14 heavy (non-hydrogen) atoms. The van der Waals surface area contributed by atoms with Gasteiger partial charge in [0.15, 0.2) is 0 Å². The van der Waals surface area contributed by atoms with E-state index in [2.05, 4.69) is 16.5 Å². The van der Waals surface area contributed by atoms with E-state index in [1.165, 1.54) is 0 Å². The van der Waals surface area contributed by atoms with Crippen molar-refractivity contribution >= 4 is 0 Å². The summed E-state index contributed by atoms with van der Waals surface area (Å²) in [5.41, 5.74) is 0. The molecule has 0 aliphatic heterocycles. The van der Waals surface area contributed by atoms with E-state index in [4.69, 9.17) is 5.26 Å². The van der Waals surface area contributed by atoms with Gasteiger partial charge in [0, 0.05) is 25.4 Å². The Hall–Kier alpha value is -1.34. The van der Waals surface area contributed by atoms with E-state index in [-0.39, 0.29) is 0 Å². The van der Waals surface area contributed by atoms with Gasteiger partial charge in [0.2, 0.25) is 0 Å². The Balaban J connectivity index is 1.88. The first-order valence-electron chi connectivity index (χ1n) is 4.98. The predicted octanol–water partition coefficient (Wildman–Crippen LogP) is 1.17. The lowest BCUT2D eigenvalue weighted by Crippen LogP contribution is -2.18. The van der Waals surface area contributed by atoms with E-state index < -0.39 is 0 Å². The molecule has 0 saturated carbocycles. The number of aryl methyl sites for hydroxylation is 1. The van der Waals surface area contributed by atoms with Gasteiger partial charge in [-0.25, -0.2) is 0 Å². The summed E-state index contributed by atoms with van der Waals surface area (Å²) >= 11 is 0. The van der Waals surface area contributed by atoms with Crippen molar-refractivity contribution in [2.75, 3.05) is 13.1 Å². The van der Waals surface area contributed by atoms with Gasteiger partial charge in [0.25, 0.3) is 0 Å². The van der Waals surface area contributed by atoms with Crippen LogP contribution in [-0.2, 0) is 6.54 Å². The minimum Gasteiger partial charge on any atom is -0.317 e. The summed E-state index contributed by atoms with van der Waals surface area (Å²) in [5, 5.41) is 15.7. The van der Waals surface area contributed by atoms with Gasteiger partial charge in [-0.05, 0) is 32.0 Å². The Morgan fingerprint density at radius 1 is 1.36 bits per heavy atom. The summed E-state index contributed by atoms with van der Waals surface area (Å²) < 4.78 is 1.93. The highest BCUT2D eigenvalue weighted by atomic mass is 15.3. The molecule has 1 N–H and O–H groups in total. The van der Waals surface area contributed by atoms with Crippen molar-refractivity contribution in [1.29, 1.82) is 5.26 Å². The van der Waals surface area contributed by atoms with Gasteiger partial charge in [-0.2, -0.15) is 10.4 Å². The molecule has 0 amide bonds. The van der Waals surface area contributed by atoms with Gasteiger partial charge in [0.1, 0.15) is 0 Å². The molecule has 1 heterocycles. The molecular formula is C10H16N4.